The molecule has 0 aromatic heterocycles. The number of ether oxygens (including phenoxy) is 1. The van der Waals surface area contributed by atoms with E-state index >= 15 is 0 Å². The summed E-state index contributed by atoms with van der Waals surface area (Å²) in [5.74, 6) is 0.788. The molecule has 3 nitrogen and oxygen atoms in total. The zero-order chi connectivity index (χ0) is 12.5. The summed E-state index contributed by atoms with van der Waals surface area (Å²) in [7, 11) is 1.64. The summed E-state index contributed by atoms with van der Waals surface area (Å²) in [5.41, 5.74) is 8.07. The molecule has 0 aliphatic heterocycles. The van der Waals surface area contributed by atoms with E-state index in [2.05, 4.69) is 19.1 Å². The van der Waals surface area contributed by atoms with Crippen LogP contribution >= 0.6 is 0 Å². The number of benzene rings is 1. The number of aryl methyl sites for hydroxylation is 1. The lowest BCUT2D eigenvalue weighted by Gasteiger charge is -2.20. The molecule has 17 heavy (non-hydrogen) atoms. The molecule has 0 saturated heterocycles. The molecule has 1 aliphatic carbocycles. The van der Waals surface area contributed by atoms with E-state index in [4.69, 9.17) is 10.5 Å². The first-order valence-corrected chi connectivity index (χ1v) is 6.00. The molecule has 3 heteroatoms. The van der Waals surface area contributed by atoms with E-state index in [1.165, 1.54) is 5.56 Å². The first-order valence-electron chi connectivity index (χ1n) is 6.00. The first kappa shape index (κ1) is 11.9. The highest BCUT2D eigenvalue weighted by atomic mass is 16.5. The number of nitrogens with zero attached hydrogens (tertiary/aromatic N) is 1. The molecule has 1 aliphatic rings. The predicted octanol–water partition coefficient (Wildman–Crippen LogP) is 2.56. The highest BCUT2D eigenvalue weighted by Crippen LogP contribution is 2.54. The average molecular weight is 230 g/mol. The third-order valence-corrected chi connectivity index (χ3v) is 3.64. The van der Waals surface area contributed by atoms with E-state index in [1.54, 1.807) is 7.11 Å². The number of hydrogen-bond donors (Lipinski definition) is 1. The molecule has 2 rings (SSSR count). The van der Waals surface area contributed by atoms with E-state index in [1.807, 2.05) is 12.1 Å². The molecule has 0 radical (unpaired) electrons. The zero-order valence-electron chi connectivity index (χ0n) is 10.4. The molecular formula is C14H18N2O. The van der Waals surface area contributed by atoms with Crippen molar-refractivity contribution in [3.8, 4) is 11.8 Å². The predicted molar refractivity (Wildman–Crippen MR) is 66.6 cm³/mol. The van der Waals surface area contributed by atoms with Crippen LogP contribution in [0.5, 0.6) is 5.75 Å². The van der Waals surface area contributed by atoms with Gasteiger partial charge >= 0.3 is 0 Å². The summed E-state index contributed by atoms with van der Waals surface area (Å²) in [6.07, 6.45) is 2.75. The molecule has 0 bridgehead atoms. The molecule has 0 heterocycles. The molecule has 0 amide bonds. The van der Waals surface area contributed by atoms with Crippen LogP contribution in [0.15, 0.2) is 18.2 Å². The van der Waals surface area contributed by atoms with E-state index in [9.17, 15) is 5.26 Å². The second-order valence-electron chi connectivity index (χ2n) is 4.68. The van der Waals surface area contributed by atoms with Crippen molar-refractivity contribution in [3.05, 3.63) is 29.3 Å². The Bertz CT molecular complexity index is 458. The Morgan fingerprint density at radius 1 is 1.53 bits per heavy atom. The zero-order valence-corrected chi connectivity index (χ0v) is 10.4. The molecule has 1 saturated carbocycles. The summed E-state index contributed by atoms with van der Waals surface area (Å²) in [5, 5.41) is 9.21. The van der Waals surface area contributed by atoms with Crippen molar-refractivity contribution in [2.75, 3.05) is 7.11 Å². The SMILES string of the molecule is CCc1ccc(OC)c(C(N)C2(C#N)CC2)c1. The fourth-order valence-electron chi connectivity index (χ4n) is 2.17. The van der Waals surface area contributed by atoms with Gasteiger partial charge in [-0.1, -0.05) is 19.1 Å². The van der Waals surface area contributed by atoms with Gasteiger partial charge in [-0.05, 0) is 30.9 Å². The van der Waals surface area contributed by atoms with Gasteiger partial charge in [-0.2, -0.15) is 5.26 Å². The summed E-state index contributed by atoms with van der Waals surface area (Å²) in [6, 6.07) is 8.18. The Balaban J connectivity index is 2.39. The van der Waals surface area contributed by atoms with Crippen molar-refractivity contribution in [1.82, 2.24) is 0 Å². The second-order valence-corrected chi connectivity index (χ2v) is 4.68. The molecule has 2 N–H and O–H groups in total. The first-order chi connectivity index (χ1) is 8.16. The molecule has 0 spiro atoms. The van der Waals surface area contributed by atoms with Crippen LogP contribution in [-0.2, 0) is 6.42 Å². The van der Waals surface area contributed by atoms with Crippen LogP contribution in [0.1, 0.15) is 36.9 Å². The van der Waals surface area contributed by atoms with Crippen LogP contribution in [0, 0.1) is 16.7 Å². The van der Waals surface area contributed by atoms with Gasteiger partial charge in [0, 0.05) is 5.56 Å². The van der Waals surface area contributed by atoms with Crippen LogP contribution in [0.2, 0.25) is 0 Å². The fourth-order valence-corrected chi connectivity index (χ4v) is 2.17. The number of methoxy groups -OCH3 is 1. The lowest BCUT2D eigenvalue weighted by Crippen LogP contribution is -2.22. The fraction of sp³-hybridized carbons (Fsp3) is 0.500. The average Bonchev–Trinajstić information content (AvgIpc) is 3.18. The highest BCUT2D eigenvalue weighted by molar-refractivity contribution is 5.42. The maximum Gasteiger partial charge on any atom is 0.123 e. The standard InChI is InChI=1S/C14H18N2O/c1-3-10-4-5-12(17-2)11(8-10)13(16)14(9-15)6-7-14/h4-5,8,13H,3,6-7,16H2,1-2H3. The Kier molecular flexibility index (Phi) is 3.08. The van der Waals surface area contributed by atoms with Gasteiger partial charge in [0.05, 0.1) is 24.6 Å². The lowest BCUT2D eigenvalue weighted by molar-refractivity contribution is 0.396. The van der Waals surface area contributed by atoms with Crippen LogP contribution in [0.4, 0.5) is 0 Å². The summed E-state index contributed by atoms with van der Waals surface area (Å²) in [4.78, 5) is 0. The number of nitrogens with two attached hydrogens (primary N) is 1. The van der Waals surface area contributed by atoms with E-state index < -0.39 is 0 Å². The second kappa shape index (κ2) is 4.38. The van der Waals surface area contributed by atoms with Crippen molar-refractivity contribution in [2.24, 2.45) is 11.1 Å². The molecule has 90 valence electrons. The van der Waals surface area contributed by atoms with Crippen molar-refractivity contribution >= 4 is 0 Å². The molecule has 1 aromatic rings. The van der Waals surface area contributed by atoms with E-state index in [0.717, 1.165) is 30.6 Å². The normalized spacial score (nSPS) is 18.2. The lowest BCUT2D eigenvalue weighted by atomic mass is 9.90. The van der Waals surface area contributed by atoms with Gasteiger partial charge < -0.3 is 10.5 Å². The van der Waals surface area contributed by atoms with Crippen molar-refractivity contribution in [3.63, 3.8) is 0 Å². The van der Waals surface area contributed by atoms with Crippen LogP contribution < -0.4 is 10.5 Å². The van der Waals surface area contributed by atoms with Crippen LogP contribution in [0.3, 0.4) is 0 Å². The van der Waals surface area contributed by atoms with Gasteiger partial charge in [0.25, 0.3) is 0 Å². The minimum Gasteiger partial charge on any atom is -0.496 e. The van der Waals surface area contributed by atoms with Crippen molar-refractivity contribution in [1.29, 1.82) is 5.26 Å². The molecule has 1 unspecified atom stereocenters. The van der Waals surface area contributed by atoms with Gasteiger partial charge in [0.2, 0.25) is 0 Å². The summed E-state index contributed by atoms with van der Waals surface area (Å²) < 4.78 is 5.34. The Morgan fingerprint density at radius 3 is 2.71 bits per heavy atom. The van der Waals surface area contributed by atoms with E-state index in [0.29, 0.717) is 0 Å². The van der Waals surface area contributed by atoms with Gasteiger partial charge in [0.1, 0.15) is 5.75 Å². The summed E-state index contributed by atoms with van der Waals surface area (Å²) >= 11 is 0. The van der Waals surface area contributed by atoms with Gasteiger partial charge in [-0.15, -0.1) is 0 Å². The minimum atomic E-state index is -0.361. The van der Waals surface area contributed by atoms with Crippen LogP contribution in [-0.4, -0.2) is 7.11 Å². The largest absolute Gasteiger partial charge is 0.496 e. The summed E-state index contributed by atoms with van der Waals surface area (Å²) in [6.45, 7) is 2.11. The monoisotopic (exact) mass is 230 g/mol. The smallest absolute Gasteiger partial charge is 0.123 e. The Morgan fingerprint density at radius 2 is 2.24 bits per heavy atom. The van der Waals surface area contributed by atoms with Crippen molar-refractivity contribution < 1.29 is 4.74 Å². The van der Waals surface area contributed by atoms with Gasteiger partial charge in [0.15, 0.2) is 0 Å². The number of hydrogen-bond acceptors (Lipinski definition) is 3. The van der Waals surface area contributed by atoms with Crippen molar-refractivity contribution in [2.45, 2.75) is 32.2 Å². The van der Waals surface area contributed by atoms with E-state index in [-0.39, 0.29) is 11.5 Å². The van der Waals surface area contributed by atoms with Gasteiger partial charge in [-0.3, -0.25) is 0 Å². The third-order valence-electron chi connectivity index (χ3n) is 3.64. The van der Waals surface area contributed by atoms with Crippen LogP contribution in [0.25, 0.3) is 0 Å². The third kappa shape index (κ3) is 2.01. The molecule has 1 atom stereocenters. The number of nitriles is 1. The number of rotatable bonds is 4. The topological polar surface area (TPSA) is 59.0 Å². The Labute approximate surface area is 102 Å². The van der Waals surface area contributed by atoms with Gasteiger partial charge in [-0.25, -0.2) is 0 Å². The minimum absolute atomic E-state index is 0.242. The highest BCUT2D eigenvalue weighted by Gasteiger charge is 2.49. The molecule has 1 aromatic carbocycles. The maximum absolute atomic E-state index is 9.21. The molecule has 1 fully saturated rings. The Hall–Kier alpha value is -1.53. The molecular weight excluding hydrogens is 212 g/mol. The maximum atomic E-state index is 9.21. The quantitative estimate of drug-likeness (QED) is 0.864.